The largest absolute Gasteiger partial charge is 0.333 e. The van der Waals surface area contributed by atoms with Crippen molar-refractivity contribution < 1.29 is 4.79 Å². The topological polar surface area (TPSA) is 77.0 Å². The lowest BCUT2D eigenvalue weighted by molar-refractivity contribution is 0.0566. The predicted octanol–water partition coefficient (Wildman–Crippen LogP) is 2.54. The van der Waals surface area contributed by atoms with Gasteiger partial charge >= 0.3 is 0 Å². The first-order chi connectivity index (χ1) is 11.5. The molecule has 128 valence electrons. The molecule has 3 rings (SSSR count). The summed E-state index contributed by atoms with van der Waals surface area (Å²) in [7, 11) is 0. The Morgan fingerprint density at radius 3 is 2.96 bits per heavy atom. The second-order valence-corrected chi connectivity index (χ2v) is 7.35. The van der Waals surface area contributed by atoms with E-state index in [1.54, 1.807) is 4.68 Å². The van der Waals surface area contributed by atoms with Crippen molar-refractivity contribution in [2.24, 2.45) is 11.7 Å². The fraction of sp³-hybridized carbons (Fsp3) is 0.471. The van der Waals surface area contributed by atoms with E-state index in [1.807, 2.05) is 36.1 Å². The summed E-state index contributed by atoms with van der Waals surface area (Å²) < 4.78 is 2.65. The van der Waals surface area contributed by atoms with Crippen LogP contribution in [0.2, 0.25) is 0 Å². The minimum atomic E-state index is -0.0731. The number of piperidine rings is 1. The molecule has 0 aliphatic carbocycles. The van der Waals surface area contributed by atoms with Crippen molar-refractivity contribution in [3.05, 3.63) is 40.1 Å². The molecule has 1 fully saturated rings. The lowest BCUT2D eigenvalue weighted by atomic mass is 9.92. The smallest absolute Gasteiger partial charge is 0.276 e. The second kappa shape index (κ2) is 7.03. The van der Waals surface area contributed by atoms with Gasteiger partial charge in [-0.05, 0) is 43.9 Å². The average Bonchev–Trinajstić information content (AvgIpc) is 2.95. The van der Waals surface area contributed by atoms with E-state index in [-0.39, 0.29) is 11.9 Å². The van der Waals surface area contributed by atoms with E-state index in [4.69, 9.17) is 5.73 Å². The number of likely N-dealkylation sites (tertiary alicyclic amines) is 1. The highest BCUT2D eigenvalue weighted by Crippen LogP contribution is 2.24. The first-order valence-corrected chi connectivity index (χ1v) is 8.99. The van der Waals surface area contributed by atoms with Crippen molar-refractivity contribution in [2.75, 3.05) is 13.1 Å². The summed E-state index contributed by atoms with van der Waals surface area (Å²) in [4.78, 5) is 14.8. The van der Waals surface area contributed by atoms with Crippen LogP contribution in [-0.2, 0) is 0 Å². The van der Waals surface area contributed by atoms with Gasteiger partial charge in [-0.15, -0.1) is 5.10 Å². The van der Waals surface area contributed by atoms with E-state index in [2.05, 4.69) is 33.2 Å². The number of aromatic nitrogens is 3. The number of nitrogens with zero attached hydrogens (tertiary/aromatic N) is 4. The van der Waals surface area contributed by atoms with Crippen molar-refractivity contribution in [3.63, 3.8) is 0 Å². The Bertz CT molecular complexity index is 744. The van der Waals surface area contributed by atoms with Crippen LogP contribution in [0.5, 0.6) is 0 Å². The maximum absolute atomic E-state index is 13.0. The number of hydrogen-bond acceptors (Lipinski definition) is 4. The average molecular weight is 392 g/mol. The molecule has 0 radical (unpaired) electrons. The summed E-state index contributed by atoms with van der Waals surface area (Å²) in [6.45, 7) is 5.29. The molecule has 1 aliphatic heterocycles. The number of carbonyl (C=O) groups is 1. The summed E-state index contributed by atoms with van der Waals surface area (Å²) in [5, 5.41) is 8.33. The highest BCUT2D eigenvalue weighted by atomic mass is 79.9. The molecular weight excluding hydrogens is 370 g/mol. The summed E-state index contributed by atoms with van der Waals surface area (Å²) in [5.74, 6) is 0.525. The van der Waals surface area contributed by atoms with Gasteiger partial charge in [0.15, 0.2) is 5.69 Å². The van der Waals surface area contributed by atoms with Crippen molar-refractivity contribution >= 4 is 21.8 Å². The maximum atomic E-state index is 13.0. The van der Waals surface area contributed by atoms with Crippen LogP contribution in [0.3, 0.4) is 0 Å². The van der Waals surface area contributed by atoms with Gasteiger partial charge in [-0.2, -0.15) is 0 Å². The van der Waals surface area contributed by atoms with Crippen LogP contribution < -0.4 is 5.73 Å². The summed E-state index contributed by atoms with van der Waals surface area (Å²) >= 11 is 3.45. The van der Waals surface area contributed by atoms with Gasteiger partial charge in [0.05, 0.1) is 11.4 Å². The van der Waals surface area contributed by atoms with Crippen molar-refractivity contribution in [1.82, 2.24) is 19.9 Å². The van der Waals surface area contributed by atoms with Gasteiger partial charge < -0.3 is 10.6 Å². The summed E-state index contributed by atoms with van der Waals surface area (Å²) in [6, 6.07) is 7.84. The van der Waals surface area contributed by atoms with Gasteiger partial charge in [-0.3, -0.25) is 4.79 Å². The highest BCUT2D eigenvalue weighted by Gasteiger charge is 2.32. The Labute approximate surface area is 150 Å². The number of amides is 1. The van der Waals surface area contributed by atoms with E-state index in [9.17, 15) is 4.79 Å². The maximum Gasteiger partial charge on any atom is 0.276 e. The molecule has 2 unspecified atom stereocenters. The zero-order valence-electron chi connectivity index (χ0n) is 13.9. The van der Waals surface area contributed by atoms with Gasteiger partial charge in [-0.1, -0.05) is 34.1 Å². The molecule has 1 aromatic carbocycles. The van der Waals surface area contributed by atoms with Crippen LogP contribution in [0.25, 0.3) is 5.69 Å². The second-order valence-electron chi connectivity index (χ2n) is 6.43. The van der Waals surface area contributed by atoms with Gasteiger partial charge in [0.25, 0.3) is 5.91 Å². The Morgan fingerprint density at radius 1 is 1.46 bits per heavy atom. The van der Waals surface area contributed by atoms with E-state index in [1.165, 1.54) is 0 Å². The molecule has 0 bridgehead atoms. The Balaban J connectivity index is 1.89. The van der Waals surface area contributed by atoms with E-state index in [0.29, 0.717) is 18.2 Å². The number of rotatable bonds is 3. The van der Waals surface area contributed by atoms with Crippen molar-refractivity contribution in [3.8, 4) is 5.69 Å². The van der Waals surface area contributed by atoms with Crippen LogP contribution in [0.1, 0.15) is 35.9 Å². The van der Waals surface area contributed by atoms with Gasteiger partial charge in [0, 0.05) is 23.6 Å². The van der Waals surface area contributed by atoms with Crippen LogP contribution >= 0.6 is 15.9 Å². The van der Waals surface area contributed by atoms with Crippen LogP contribution in [-0.4, -0.2) is 44.9 Å². The molecule has 6 nitrogen and oxygen atoms in total. The molecule has 1 aromatic heterocycles. The Morgan fingerprint density at radius 2 is 2.25 bits per heavy atom. The minimum absolute atomic E-state index is 0.0731. The fourth-order valence-corrected chi connectivity index (χ4v) is 3.65. The molecule has 0 saturated carbocycles. The monoisotopic (exact) mass is 391 g/mol. The molecule has 7 heteroatoms. The predicted molar refractivity (Wildman–Crippen MR) is 96.1 cm³/mol. The third-order valence-corrected chi connectivity index (χ3v) is 5.15. The van der Waals surface area contributed by atoms with E-state index >= 15 is 0 Å². The molecule has 1 amide bonds. The Hall–Kier alpha value is -1.73. The van der Waals surface area contributed by atoms with Crippen LogP contribution in [0, 0.1) is 12.8 Å². The number of benzene rings is 1. The molecule has 1 aliphatic rings. The summed E-state index contributed by atoms with van der Waals surface area (Å²) in [6.07, 6.45) is 1.95. The summed E-state index contributed by atoms with van der Waals surface area (Å²) in [5.41, 5.74) is 7.90. The lowest BCUT2D eigenvalue weighted by Gasteiger charge is -2.37. The van der Waals surface area contributed by atoms with Crippen LogP contribution in [0.15, 0.2) is 28.7 Å². The zero-order chi connectivity index (χ0) is 17.3. The Kier molecular flexibility index (Phi) is 5.01. The lowest BCUT2D eigenvalue weighted by Crippen LogP contribution is -2.49. The number of nitrogens with two attached hydrogens (primary N) is 1. The molecular formula is C17H22BrN5O. The highest BCUT2D eigenvalue weighted by molar-refractivity contribution is 9.10. The molecule has 0 spiro atoms. The number of carbonyl (C=O) groups excluding carboxylic acids is 1. The molecule has 2 N–H and O–H groups in total. The molecule has 2 aromatic rings. The van der Waals surface area contributed by atoms with E-state index in [0.717, 1.165) is 35.2 Å². The zero-order valence-corrected chi connectivity index (χ0v) is 15.5. The minimum Gasteiger partial charge on any atom is -0.333 e. The standard InChI is InChI=1S/C17H22BrN5O/c1-11-6-7-22(15(8-11)10-19)17(24)16-12(2)23(21-20-16)14-5-3-4-13(18)9-14/h3-5,9,11,15H,6-8,10,19H2,1-2H3. The normalized spacial score (nSPS) is 21.1. The molecule has 2 heterocycles. The van der Waals surface area contributed by atoms with E-state index < -0.39 is 0 Å². The first-order valence-electron chi connectivity index (χ1n) is 8.20. The van der Waals surface area contributed by atoms with Gasteiger partial charge in [0.1, 0.15) is 0 Å². The molecule has 2 atom stereocenters. The van der Waals surface area contributed by atoms with Crippen molar-refractivity contribution in [1.29, 1.82) is 0 Å². The fourth-order valence-electron chi connectivity index (χ4n) is 3.26. The first kappa shape index (κ1) is 17.1. The van der Waals surface area contributed by atoms with Gasteiger partial charge in [0.2, 0.25) is 0 Å². The SMILES string of the molecule is Cc1c(C(=O)N2CCC(C)CC2CN)nnn1-c1cccc(Br)c1. The van der Waals surface area contributed by atoms with Crippen LogP contribution in [0.4, 0.5) is 0 Å². The molecule has 24 heavy (non-hydrogen) atoms. The number of hydrogen-bond donors (Lipinski definition) is 1. The van der Waals surface area contributed by atoms with Crippen molar-refractivity contribution in [2.45, 2.75) is 32.7 Å². The quantitative estimate of drug-likeness (QED) is 0.871. The number of halogens is 1. The third-order valence-electron chi connectivity index (χ3n) is 4.66. The molecule has 1 saturated heterocycles. The van der Waals surface area contributed by atoms with Gasteiger partial charge in [-0.25, -0.2) is 4.68 Å². The third kappa shape index (κ3) is 3.23.